The van der Waals surface area contributed by atoms with Crippen LogP contribution >= 0.6 is 0 Å². The van der Waals surface area contributed by atoms with Crippen LogP contribution in [0.5, 0.6) is 0 Å². The van der Waals surface area contributed by atoms with Crippen LogP contribution in [0.15, 0.2) is 18.2 Å². The summed E-state index contributed by atoms with van der Waals surface area (Å²) in [6, 6.07) is 4.93. The summed E-state index contributed by atoms with van der Waals surface area (Å²) in [7, 11) is 0. The molecule has 0 saturated heterocycles. The van der Waals surface area contributed by atoms with E-state index in [0.717, 1.165) is 24.0 Å². The van der Waals surface area contributed by atoms with Gasteiger partial charge in [-0.1, -0.05) is 19.4 Å². The first-order chi connectivity index (χ1) is 10.1. The van der Waals surface area contributed by atoms with E-state index in [4.69, 9.17) is 4.74 Å². The maximum Gasteiger partial charge on any atom is 0.409 e. The van der Waals surface area contributed by atoms with Gasteiger partial charge in [-0.05, 0) is 30.4 Å². The molecule has 0 N–H and O–H groups in total. The van der Waals surface area contributed by atoms with Crippen LogP contribution in [0.25, 0.3) is 0 Å². The standard InChI is InChI=1S/C15H20N2O4/c1-2-3-10-21-15(18)16-8-6-12-4-5-14(17(19)20)11-13(12)7-9-16/h4-5,11H,2-3,6-10H2,1H3. The molecule has 0 unspecified atom stereocenters. The van der Waals surface area contributed by atoms with Crippen LogP contribution in [0.3, 0.4) is 0 Å². The van der Waals surface area contributed by atoms with E-state index in [2.05, 4.69) is 0 Å². The van der Waals surface area contributed by atoms with Gasteiger partial charge in [-0.15, -0.1) is 0 Å². The fourth-order valence-corrected chi connectivity index (χ4v) is 2.40. The summed E-state index contributed by atoms with van der Waals surface area (Å²) < 4.78 is 5.22. The average Bonchev–Trinajstić information content (AvgIpc) is 2.69. The lowest BCUT2D eigenvalue weighted by atomic mass is 10.0. The summed E-state index contributed by atoms with van der Waals surface area (Å²) in [5.74, 6) is 0. The molecule has 1 aromatic rings. The van der Waals surface area contributed by atoms with Crippen LogP contribution < -0.4 is 0 Å². The molecule has 1 aliphatic heterocycles. The van der Waals surface area contributed by atoms with Crippen LogP contribution in [0.2, 0.25) is 0 Å². The van der Waals surface area contributed by atoms with Gasteiger partial charge in [0, 0.05) is 25.2 Å². The van der Waals surface area contributed by atoms with Crippen LogP contribution in [0.4, 0.5) is 10.5 Å². The summed E-state index contributed by atoms with van der Waals surface area (Å²) >= 11 is 0. The zero-order valence-corrected chi connectivity index (χ0v) is 12.2. The molecule has 0 radical (unpaired) electrons. The maximum absolute atomic E-state index is 11.9. The monoisotopic (exact) mass is 292 g/mol. The van der Waals surface area contributed by atoms with E-state index >= 15 is 0 Å². The minimum Gasteiger partial charge on any atom is -0.449 e. The summed E-state index contributed by atoms with van der Waals surface area (Å²) in [5.41, 5.74) is 2.13. The van der Waals surface area contributed by atoms with Crippen molar-refractivity contribution in [3.8, 4) is 0 Å². The van der Waals surface area contributed by atoms with Gasteiger partial charge in [0.15, 0.2) is 0 Å². The molecule has 1 aliphatic rings. The molecule has 1 heterocycles. The average molecular weight is 292 g/mol. The molecule has 0 atom stereocenters. The molecule has 114 valence electrons. The van der Waals surface area contributed by atoms with Gasteiger partial charge in [0.05, 0.1) is 11.5 Å². The molecular weight excluding hydrogens is 272 g/mol. The first-order valence-electron chi connectivity index (χ1n) is 7.29. The Morgan fingerprint density at radius 1 is 1.33 bits per heavy atom. The van der Waals surface area contributed by atoms with Crippen LogP contribution in [-0.2, 0) is 17.6 Å². The van der Waals surface area contributed by atoms with Crippen LogP contribution in [0.1, 0.15) is 30.9 Å². The zero-order valence-electron chi connectivity index (χ0n) is 12.2. The molecule has 6 nitrogen and oxygen atoms in total. The third-order valence-corrected chi connectivity index (χ3v) is 3.68. The summed E-state index contributed by atoms with van der Waals surface area (Å²) in [6.45, 7) is 3.63. The number of fused-ring (bicyclic) bond motifs is 1. The topological polar surface area (TPSA) is 72.7 Å². The molecule has 0 bridgehead atoms. The van der Waals surface area contributed by atoms with Gasteiger partial charge in [0.2, 0.25) is 0 Å². The van der Waals surface area contributed by atoms with E-state index in [1.807, 2.05) is 6.92 Å². The van der Waals surface area contributed by atoms with Crippen molar-refractivity contribution in [1.82, 2.24) is 4.90 Å². The number of carbonyl (C=O) groups is 1. The summed E-state index contributed by atoms with van der Waals surface area (Å²) in [4.78, 5) is 24.1. The highest BCUT2D eigenvalue weighted by Gasteiger charge is 2.20. The highest BCUT2D eigenvalue weighted by atomic mass is 16.6. The lowest BCUT2D eigenvalue weighted by molar-refractivity contribution is -0.384. The predicted molar refractivity (Wildman–Crippen MR) is 78.3 cm³/mol. The molecule has 1 aromatic carbocycles. The molecule has 6 heteroatoms. The minimum absolute atomic E-state index is 0.104. The second-order valence-electron chi connectivity index (χ2n) is 5.17. The number of hydrogen-bond donors (Lipinski definition) is 0. The van der Waals surface area contributed by atoms with E-state index in [-0.39, 0.29) is 16.7 Å². The van der Waals surface area contributed by atoms with Crippen molar-refractivity contribution in [2.24, 2.45) is 0 Å². The quantitative estimate of drug-likeness (QED) is 0.486. The first kappa shape index (κ1) is 15.3. The highest BCUT2D eigenvalue weighted by molar-refractivity contribution is 5.67. The number of non-ortho nitro benzene ring substituents is 1. The lowest BCUT2D eigenvalue weighted by Crippen LogP contribution is -2.34. The molecule has 0 aromatic heterocycles. The molecule has 0 spiro atoms. The Labute approximate surface area is 123 Å². The van der Waals surface area contributed by atoms with Crippen molar-refractivity contribution in [3.05, 3.63) is 39.4 Å². The number of hydrogen-bond acceptors (Lipinski definition) is 4. The Hall–Kier alpha value is -2.11. The van der Waals surface area contributed by atoms with E-state index < -0.39 is 0 Å². The van der Waals surface area contributed by atoms with E-state index in [9.17, 15) is 14.9 Å². The third-order valence-electron chi connectivity index (χ3n) is 3.68. The number of benzene rings is 1. The van der Waals surface area contributed by atoms with Gasteiger partial charge in [-0.25, -0.2) is 4.79 Å². The molecule has 21 heavy (non-hydrogen) atoms. The van der Waals surface area contributed by atoms with Crippen LogP contribution in [-0.4, -0.2) is 35.6 Å². The minimum atomic E-state index is -0.387. The number of rotatable bonds is 4. The number of nitro groups is 1. The number of amides is 1. The highest BCUT2D eigenvalue weighted by Crippen LogP contribution is 2.22. The molecule has 0 aliphatic carbocycles. The Morgan fingerprint density at radius 2 is 2.05 bits per heavy atom. The normalized spacial score (nSPS) is 14.2. The maximum atomic E-state index is 11.9. The third kappa shape index (κ3) is 3.93. The van der Waals surface area contributed by atoms with Crippen molar-refractivity contribution in [2.45, 2.75) is 32.6 Å². The molecule has 0 fully saturated rings. The van der Waals surface area contributed by atoms with Crippen molar-refractivity contribution in [3.63, 3.8) is 0 Å². The fourth-order valence-electron chi connectivity index (χ4n) is 2.40. The molecule has 1 amide bonds. The van der Waals surface area contributed by atoms with Gasteiger partial charge < -0.3 is 9.64 Å². The number of nitrogens with zero attached hydrogens (tertiary/aromatic N) is 2. The van der Waals surface area contributed by atoms with Crippen molar-refractivity contribution in [2.75, 3.05) is 19.7 Å². The van der Waals surface area contributed by atoms with Crippen molar-refractivity contribution in [1.29, 1.82) is 0 Å². The molecular formula is C15H20N2O4. The second kappa shape index (κ2) is 7.06. The predicted octanol–water partition coefficient (Wildman–Crippen LogP) is 2.93. The van der Waals surface area contributed by atoms with Gasteiger partial charge in [0.1, 0.15) is 0 Å². The number of nitro benzene ring substituents is 1. The molecule has 0 saturated carbocycles. The largest absolute Gasteiger partial charge is 0.449 e. The smallest absolute Gasteiger partial charge is 0.409 e. The number of unbranched alkanes of at least 4 members (excludes halogenated alkanes) is 1. The lowest BCUT2D eigenvalue weighted by Gasteiger charge is -2.19. The second-order valence-corrected chi connectivity index (χ2v) is 5.17. The first-order valence-corrected chi connectivity index (χ1v) is 7.29. The summed E-state index contributed by atoms with van der Waals surface area (Å²) in [6.07, 6.45) is 2.90. The SMILES string of the molecule is CCCCOC(=O)N1CCc2ccc([N+](=O)[O-])cc2CC1. The van der Waals surface area contributed by atoms with Gasteiger partial charge in [-0.3, -0.25) is 10.1 Å². The van der Waals surface area contributed by atoms with Crippen molar-refractivity contribution >= 4 is 11.8 Å². The van der Waals surface area contributed by atoms with E-state index in [0.29, 0.717) is 32.5 Å². The summed E-state index contributed by atoms with van der Waals surface area (Å²) in [5, 5.41) is 10.8. The zero-order chi connectivity index (χ0) is 15.2. The Bertz CT molecular complexity index is 530. The number of carbonyl (C=O) groups excluding carboxylic acids is 1. The Balaban J connectivity index is 1.99. The van der Waals surface area contributed by atoms with Gasteiger partial charge in [0.25, 0.3) is 5.69 Å². The van der Waals surface area contributed by atoms with Crippen LogP contribution in [0, 0.1) is 10.1 Å². The Morgan fingerprint density at radius 3 is 2.71 bits per heavy atom. The number of ether oxygens (including phenoxy) is 1. The fraction of sp³-hybridized carbons (Fsp3) is 0.533. The van der Waals surface area contributed by atoms with E-state index in [1.165, 1.54) is 6.07 Å². The van der Waals surface area contributed by atoms with E-state index in [1.54, 1.807) is 17.0 Å². The molecule has 2 rings (SSSR count). The van der Waals surface area contributed by atoms with Gasteiger partial charge >= 0.3 is 6.09 Å². The Kier molecular flexibility index (Phi) is 5.14. The van der Waals surface area contributed by atoms with Gasteiger partial charge in [-0.2, -0.15) is 0 Å². The van der Waals surface area contributed by atoms with Crippen molar-refractivity contribution < 1.29 is 14.5 Å².